The van der Waals surface area contributed by atoms with Crippen LogP contribution in [0.1, 0.15) is 12.0 Å². The predicted octanol–water partition coefficient (Wildman–Crippen LogP) is 1.11. The van der Waals surface area contributed by atoms with Gasteiger partial charge in [0.1, 0.15) is 0 Å². The third kappa shape index (κ3) is 2.98. The van der Waals surface area contributed by atoms with E-state index in [4.69, 9.17) is 5.53 Å². The molecule has 1 unspecified atom stereocenters. The summed E-state index contributed by atoms with van der Waals surface area (Å²) in [6, 6.07) is 0. The minimum absolute atomic E-state index is 0.145. The topological polar surface area (TPSA) is 97.8 Å². The number of aromatic amines is 1. The molecule has 1 amide bonds. The van der Waals surface area contributed by atoms with E-state index in [2.05, 4.69) is 20.2 Å². The molecule has 0 bridgehead atoms. The molecule has 7 heteroatoms. The normalized spacial score (nSPS) is 19.4. The largest absolute Gasteiger partial charge is 0.342 e. The second-order valence-corrected chi connectivity index (χ2v) is 4.18. The van der Waals surface area contributed by atoms with Crippen molar-refractivity contribution >= 4 is 5.91 Å². The highest BCUT2D eigenvalue weighted by Crippen LogP contribution is 2.18. The molecule has 1 N–H and O–H groups in total. The summed E-state index contributed by atoms with van der Waals surface area (Å²) in [4.78, 5) is 16.2. The number of amides is 1. The van der Waals surface area contributed by atoms with Crippen molar-refractivity contribution in [2.24, 2.45) is 11.0 Å². The summed E-state index contributed by atoms with van der Waals surface area (Å²) in [5, 5.41) is 10.1. The van der Waals surface area contributed by atoms with E-state index in [1.807, 2.05) is 11.1 Å². The van der Waals surface area contributed by atoms with Crippen LogP contribution in [0, 0.1) is 5.92 Å². The molecular formula is C10H14N6O. The van der Waals surface area contributed by atoms with Crippen molar-refractivity contribution in [2.45, 2.75) is 12.8 Å². The van der Waals surface area contributed by atoms with Crippen LogP contribution in [0.15, 0.2) is 17.5 Å². The van der Waals surface area contributed by atoms with Gasteiger partial charge < -0.3 is 4.90 Å². The molecule has 1 aromatic rings. The van der Waals surface area contributed by atoms with E-state index in [-0.39, 0.29) is 11.8 Å². The first-order valence-electron chi connectivity index (χ1n) is 5.56. The Morgan fingerprint density at radius 1 is 1.71 bits per heavy atom. The standard InChI is InChI=1S/C10H14N6O/c11-15-14-6-9-3-10(17)16(7-9)2-1-8-4-12-13-5-8/h4-5,9H,1-3,6-7H2,(H,12,13). The Bertz CT molecular complexity index is 422. The van der Waals surface area contributed by atoms with Gasteiger partial charge in [0.25, 0.3) is 0 Å². The first kappa shape index (κ1) is 11.5. The third-order valence-electron chi connectivity index (χ3n) is 2.92. The van der Waals surface area contributed by atoms with E-state index in [0.29, 0.717) is 26.1 Å². The Balaban J connectivity index is 1.81. The summed E-state index contributed by atoms with van der Waals surface area (Å²) in [7, 11) is 0. The van der Waals surface area contributed by atoms with Crippen LogP contribution < -0.4 is 0 Å². The summed E-state index contributed by atoms with van der Waals surface area (Å²) < 4.78 is 0. The van der Waals surface area contributed by atoms with Crippen LogP contribution in [0.4, 0.5) is 0 Å². The van der Waals surface area contributed by atoms with Crippen molar-refractivity contribution in [1.29, 1.82) is 0 Å². The summed E-state index contributed by atoms with van der Waals surface area (Å²) in [6.45, 7) is 1.80. The summed E-state index contributed by atoms with van der Waals surface area (Å²) in [6.07, 6.45) is 4.89. The van der Waals surface area contributed by atoms with Crippen LogP contribution in [0.25, 0.3) is 10.4 Å². The molecule has 1 atom stereocenters. The zero-order chi connectivity index (χ0) is 12.1. The average Bonchev–Trinajstić information content (AvgIpc) is 2.93. The highest BCUT2D eigenvalue weighted by molar-refractivity contribution is 5.78. The van der Waals surface area contributed by atoms with Crippen molar-refractivity contribution in [3.05, 3.63) is 28.4 Å². The Labute approximate surface area is 98.4 Å². The molecule has 2 heterocycles. The number of carbonyl (C=O) groups excluding carboxylic acids is 1. The average molecular weight is 234 g/mol. The fourth-order valence-corrected chi connectivity index (χ4v) is 2.02. The lowest BCUT2D eigenvalue weighted by atomic mass is 10.1. The number of rotatable bonds is 5. The first-order valence-corrected chi connectivity index (χ1v) is 5.56. The van der Waals surface area contributed by atoms with E-state index in [0.717, 1.165) is 12.0 Å². The van der Waals surface area contributed by atoms with Gasteiger partial charge in [-0.25, -0.2) is 0 Å². The maximum Gasteiger partial charge on any atom is 0.222 e. The fourth-order valence-electron chi connectivity index (χ4n) is 2.02. The number of H-pyrrole nitrogens is 1. The second-order valence-electron chi connectivity index (χ2n) is 4.18. The molecule has 1 aromatic heterocycles. The van der Waals surface area contributed by atoms with E-state index >= 15 is 0 Å². The molecule has 1 aliphatic heterocycles. The van der Waals surface area contributed by atoms with Crippen molar-refractivity contribution in [2.75, 3.05) is 19.6 Å². The van der Waals surface area contributed by atoms with Crippen molar-refractivity contribution in [1.82, 2.24) is 15.1 Å². The summed E-state index contributed by atoms with van der Waals surface area (Å²) in [5.74, 6) is 0.314. The molecule has 1 fully saturated rings. The molecule has 0 radical (unpaired) electrons. The van der Waals surface area contributed by atoms with Gasteiger partial charge in [-0.15, -0.1) is 0 Å². The van der Waals surface area contributed by atoms with Crippen molar-refractivity contribution in [3.8, 4) is 0 Å². The number of likely N-dealkylation sites (tertiary alicyclic amines) is 1. The Kier molecular flexibility index (Phi) is 3.62. The van der Waals surface area contributed by atoms with E-state index < -0.39 is 0 Å². The minimum atomic E-state index is 0.145. The van der Waals surface area contributed by atoms with Crippen molar-refractivity contribution in [3.63, 3.8) is 0 Å². The van der Waals surface area contributed by atoms with E-state index in [1.165, 1.54) is 0 Å². The van der Waals surface area contributed by atoms with Crippen LogP contribution in [0.5, 0.6) is 0 Å². The highest BCUT2D eigenvalue weighted by atomic mass is 16.2. The first-order chi connectivity index (χ1) is 8.29. The Hall–Kier alpha value is -2.01. The smallest absolute Gasteiger partial charge is 0.222 e. The summed E-state index contributed by atoms with van der Waals surface area (Å²) >= 11 is 0. The lowest BCUT2D eigenvalue weighted by Crippen LogP contribution is -2.27. The number of carbonyl (C=O) groups is 1. The van der Waals surface area contributed by atoms with Gasteiger partial charge in [0, 0.05) is 37.2 Å². The fraction of sp³-hybridized carbons (Fsp3) is 0.600. The van der Waals surface area contributed by atoms with E-state index in [1.54, 1.807) is 6.20 Å². The van der Waals surface area contributed by atoms with Crippen LogP contribution in [0.2, 0.25) is 0 Å². The number of hydrogen-bond acceptors (Lipinski definition) is 3. The molecular weight excluding hydrogens is 220 g/mol. The number of nitrogens with one attached hydrogen (secondary N) is 1. The Morgan fingerprint density at radius 3 is 3.29 bits per heavy atom. The van der Waals surface area contributed by atoms with Crippen LogP contribution >= 0.6 is 0 Å². The van der Waals surface area contributed by atoms with Crippen LogP contribution in [-0.2, 0) is 11.2 Å². The second kappa shape index (κ2) is 5.36. The van der Waals surface area contributed by atoms with Gasteiger partial charge in [0.2, 0.25) is 5.91 Å². The molecule has 17 heavy (non-hydrogen) atoms. The summed E-state index contributed by atoms with van der Waals surface area (Å²) in [5.41, 5.74) is 9.33. The van der Waals surface area contributed by atoms with Gasteiger partial charge >= 0.3 is 0 Å². The number of hydrogen-bond donors (Lipinski definition) is 1. The van der Waals surface area contributed by atoms with Crippen molar-refractivity contribution < 1.29 is 4.79 Å². The maximum absolute atomic E-state index is 11.7. The molecule has 0 aromatic carbocycles. The van der Waals surface area contributed by atoms with E-state index in [9.17, 15) is 4.79 Å². The van der Waals surface area contributed by atoms with Crippen LogP contribution in [0.3, 0.4) is 0 Å². The minimum Gasteiger partial charge on any atom is -0.342 e. The molecule has 1 saturated heterocycles. The lowest BCUT2D eigenvalue weighted by Gasteiger charge is -2.15. The van der Waals surface area contributed by atoms with Gasteiger partial charge in [-0.3, -0.25) is 9.89 Å². The SMILES string of the molecule is [N-]=[N+]=NCC1CC(=O)N(CCc2cn[nH]c2)C1. The van der Waals surface area contributed by atoms with Gasteiger partial charge in [-0.05, 0) is 23.4 Å². The van der Waals surface area contributed by atoms with Gasteiger partial charge in [-0.2, -0.15) is 5.10 Å². The third-order valence-corrected chi connectivity index (χ3v) is 2.92. The molecule has 1 aliphatic rings. The van der Waals surface area contributed by atoms with Gasteiger partial charge in [0.15, 0.2) is 0 Å². The van der Waals surface area contributed by atoms with Crippen LogP contribution in [-0.4, -0.2) is 40.6 Å². The highest BCUT2D eigenvalue weighted by Gasteiger charge is 2.28. The van der Waals surface area contributed by atoms with Gasteiger partial charge in [0.05, 0.1) is 6.20 Å². The molecule has 0 spiro atoms. The number of azide groups is 1. The number of aromatic nitrogens is 2. The molecule has 2 rings (SSSR count). The molecule has 0 aliphatic carbocycles. The monoisotopic (exact) mass is 234 g/mol. The Morgan fingerprint density at radius 2 is 2.59 bits per heavy atom. The molecule has 7 nitrogen and oxygen atoms in total. The molecule has 90 valence electrons. The predicted molar refractivity (Wildman–Crippen MR) is 61.0 cm³/mol. The quantitative estimate of drug-likeness (QED) is 0.469. The zero-order valence-electron chi connectivity index (χ0n) is 9.41. The lowest BCUT2D eigenvalue weighted by molar-refractivity contribution is -0.127. The van der Waals surface area contributed by atoms with Gasteiger partial charge in [-0.1, -0.05) is 5.11 Å². The molecule has 0 saturated carbocycles. The maximum atomic E-state index is 11.7. The zero-order valence-corrected chi connectivity index (χ0v) is 9.41. The number of nitrogens with zero attached hydrogens (tertiary/aromatic N) is 5.